The second kappa shape index (κ2) is 4.42. The van der Waals surface area contributed by atoms with Crippen molar-refractivity contribution in [1.29, 1.82) is 0 Å². The zero-order valence-electron chi connectivity index (χ0n) is 8.04. The minimum absolute atomic E-state index is 0.343. The van der Waals surface area contributed by atoms with Gasteiger partial charge in [-0.25, -0.2) is 4.79 Å². The van der Waals surface area contributed by atoms with Crippen molar-refractivity contribution in [3.8, 4) is 0 Å². The fraction of sp³-hybridized carbons (Fsp3) is 0.182. The molecule has 0 radical (unpaired) electrons. The van der Waals surface area contributed by atoms with Crippen LogP contribution in [0.1, 0.15) is 18.1 Å². The Hall–Kier alpha value is -1.09. The molecule has 0 aromatic heterocycles. The molecule has 0 saturated heterocycles. The van der Waals surface area contributed by atoms with E-state index in [0.717, 1.165) is 15.6 Å². The Labute approximate surface area is 91.4 Å². The van der Waals surface area contributed by atoms with Crippen LogP contribution in [0.3, 0.4) is 0 Å². The molecule has 2 nitrogen and oxygen atoms in total. The summed E-state index contributed by atoms with van der Waals surface area (Å²) in [7, 11) is 0. The lowest BCUT2D eigenvalue weighted by Gasteiger charge is -2.01. The van der Waals surface area contributed by atoms with E-state index in [1.807, 2.05) is 25.1 Å². The van der Waals surface area contributed by atoms with Crippen LogP contribution in [-0.2, 0) is 4.79 Å². The van der Waals surface area contributed by atoms with E-state index in [0.29, 0.717) is 5.57 Å². The van der Waals surface area contributed by atoms with Gasteiger partial charge in [0.1, 0.15) is 0 Å². The van der Waals surface area contributed by atoms with Crippen molar-refractivity contribution in [2.75, 3.05) is 0 Å². The van der Waals surface area contributed by atoms with Crippen molar-refractivity contribution >= 4 is 28.0 Å². The molecular weight excluding hydrogens is 244 g/mol. The maximum atomic E-state index is 10.6. The summed E-state index contributed by atoms with van der Waals surface area (Å²) in [5, 5.41) is 8.71. The van der Waals surface area contributed by atoms with Crippen molar-refractivity contribution in [3.63, 3.8) is 0 Å². The summed E-state index contributed by atoms with van der Waals surface area (Å²) in [6, 6.07) is 5.75. The van der Waals surface area contributed by atoms with Crippen LogP contribution in [0.2, 0.25) is 0 Å². The van der Waals surface area contributed by atoms with Crippen molar-refractivity contribution < 1.29 is 9.90 Å². The Bertz CT molecular complexity index is 394. The summed E-state index contributed by atoms with van der Waals surface area (Å²) < 4.78 is 1.00. The topological polar surface area (TPSA) is 37.3 Å². The van der Waals surface area contributed by atoms with Gasteiger partial charge in [0, 0.05) is 10.0 Å². The Kier molecular flexibility index (Phi) is 3.47. The van der Waals surface area contributed by atoms with Gasteiger partial charge in [-0.2, -0.15) is 0 Å². The SMILES string of the molecule is C/C(=C\c1ccc(Br)cc1C)C(=O)O. The summed E-state index contributed by atoms with van der Waals surface area (Å²) >= 11 is 3.35. The summed E-state index contributed by atoms with van der Waals surface area (Å²) in [6.45, 7) is 3.54. The molecule has 0 fully saturated rings. The molecule has 1 rings (SSSR count). The molecule has 74 valence electrons. The molecule has 0 heterocycles. The molecule has 0 amide bonds. The molecule has 0 aliphatic carbocycles. The molecule has 0 atom stereocenters. The van der Waals surface area contributed by atoms with Gasteiger partial charge in [-0.1, -0.05) is 22.0 Å². The maximum Gasteiger partial charge on any atom is 0.331 e. The Balaban J connectivity index is 3.09. The molecule has 1 N–H and O–H groups in total. The monoisotopic (exact) mass is 254 g/mol. The number of aliphatic carboxylic acids is 1. The first kappa shape index (κ1) is 11.0. The van der Waals surface area contributed by atoms with Crippen molar-refractivity contribution in [3.05, 3.63) is 39.4 Å². The number of carboxylic acid groups (broad SMARTS) is 1. The highest BCUT2D eigenvalue weighted by atomic mass is 79.9. The minimum Gasteiger partial charge on any atom is -0.478 e. The van der Waals surface area contributed by atoms with Gasteiger partial charge in [-0.05, 0) is 43.2 Å². The number of hydrogen-bond acceptors (Lipinski definition) is 1. The van der Waals surface area contributed by atoms with E-state index in [9.17, 15) is 4.79 Å². The van der Waals surface area contributed by atoms with Gasteiger partial charge < -0.3 is 5.11 Å². The first-order valence-corrected chi connectivity index (χ1v) is 4.98. The Morgan fingerprint density at radius 2 is 2.14 bits per heavy atom. The first-order chi connectivity index (χ1) is 6.50. The summed E-state index contributed by atoms with van der Waals surface area (Å²) in [6.07, 6.45) is 1.67. The summed E-state index contributed by atoms with van der Waals surface area (Å²) in [4.78, 5) is 10.6. The van der Waals surface area contributed by atoms with Crippen LogP contribution >= 0.6 is 15.9 Å². The molecule has 0 saturated carbocycles. The van der Waals surface area contributed by atoms with Crippen LogP contribution in [-0.4, -0.2) is 11.1 Å². The molecule has 0 unspecified atom stereocenters. The van der Waals surface area contributed by atoms with Gasteiger partial charge in [0.25, 0.3) is 0 Å². The number of carbonyl (C=O) groups is 1. The largest absolute Gasteiger partial charge is 0.478 e. The predicted molar refractivity (Wildman–Crippen MR) is 60.2 cm³/mol. The van der Waals surface area contributed by atoms with Crippen molar-refractivity contribution in [1.82, 2.24) is 0 Å². The maximum absolute atomic E-state index is 10.6. The third-order valence-electron chi connectivity index (χ3n) is 1.94. The molecule has 0 aliphatic rings. The third-order valence-corrected chi connectivity index (χ3v) is 2.43. The highest BCUT2D eigenvalue weighted by molar-refractivity contribution is 9.10. The number of rotatable bonds is 2. The van der Waals surface area contributed by atoms with Gasteiger partial charge >= 0.3 is 5.97 Å². The molecule has 14 heavy (non-hydrogen) atoms. The predicted octanol–water partition coefficient (Wildman–Crippen LogP) is 3.25. The number of hydrogen-bond donors (Lipinski definition) is 1. The zero-order valence-corrected chi connectivity index (χ0v) is 9.63. The summed E-state index contributed by atoms with van der Waals surface area (Å²) in [5.41, 5.74) is 2.34. The third kappa shape index (κ3) is 2.70. The molecule has 0 aliphatic heterocycles. The average molecular weight is 255 g/mol. The van der Waals surface area contributed by atoms with Crippen LogP contribution in [0.5, 0.6) is 0 Å². The van der Waals surface area contributed by atoms with E-state index in [2.05, 4.69) is 15.9 Å². The van der Waals surface area contributed by atoms with Crippen LogP contribution < -0.4 is 0 Å². The van der Waals surface area contributed by atoms with Gasteiger partial charge in [-0.15, -0.1) is 0 Å². The smallest absolute Gasteiger partial charge is 0.331 e. The second-order valence-electron chi connectivity index (χ2n) is 3.13. The molecule has 0 bridgehead atoms. The van der Waals surface area contributed by atoms with Gasteiger partial charge in [0.05, 0.1) is 0 Å². The van der Waals surface area contributed by atoms with Gasteiger partial charge in [-0.3, -0.25) is 0 Å². The van der Waals surface area contributed by atoms with Crippen molar-refractivity contribution in [2.24, 2.45) is 0 Å². The fourth-order valence-corrected chi connectivity index (χ4v) is 1.57. The van der Waals surface area contributed by atoms with E-state index in [1.165, 1.54) is 0 Å². The van der Waals surface area contributed by atoms with Crippen LogP contribution in [0.4, 0.5) is 0 Å². The van der Waals surface area contributed by atoms with Crippen molar-refractivity contribution in [2.45, 2.75) is 13.8 Å². The standard InChI is InChI=1S/C11H11BrO2/c1-7-6-10(12)4-3-9(7)5-8(2)11(13)14/h3-6H,1-2H3,(H,13,14)/b8-5+. The molecular formula is C11H11BrO2. The number of benzene rings is 1. The molecule has 3 heteroatoms. The van der Waals surface area contributed by atoms with E-state index in [-0.39, 0.29) is 0 Å². The first-order valence-electron chi connectivity index (χ1n) is 4.18. The van der Waals surface area contributed by atoms with Gasteiger partial charge in [0.2, 0.25) is 0 Å². The highest BCUT2D eigenvalue weighted by Crippen LogP contribution is 2.18. The lowest BCUT2D eigenvalue weighted by molar-refractivity contribution is -0.132. The normalized spacial score (nSPS) is 11.5. The lowest BCUT2D eigenvalue weighted by atomic mass is 10.1. The van der Waals surface area contributed by atoms with Crippen LogP contribution in [0.25, 0.3) is 6.08 Å². The fourth-order valence-electron chi connectivity index (χ4n) is 1.10. The van der Waals surface area contributed by atoms with E-state index < -0.39 is 5.97 Å². The lowest BCUT2D eigenvalue weighted by Crippen LogP contribution is -1.95. The molecule has 1 aromatic carbocycles. The number of aryl methyl sites for hydroxylation is 1. The van der Waals surface area contributed by atoms with E-state index >= 15 is 0 Å². The van der Waals surface area contributed by atoms with Crippen LogP contribution in [0, 0.1) is 6.92 Å². The van der Waals surface area contributed by atoms with Gasteiger partial charge in [0.15, 0.2) is 0 Å². The second-order valence-corrected chi connectivity index (χ2v) is 4.05. The van der Waals surface area contributed by atoms with Crippen LogP contribution in [0.15, 0.2) is 28.2 Å². The number of halogens is 1. The Morgan fingerprint density at radius 3 is 2.64 bits per heavy atom. The Morgan fingerprint density at radius 1 is 1.50 bits per heavy atom. The zero-order chi connectivity index (χ0) is 10.7. The number of carboxylic acids is 1. The molecule has 1 aromatic rings. The molecule has 0 spiro atoms. The quantitative estimate of drug-likeness (QED) is 0.823. The van der Waals surface area contributed by atoms with E-state index in [1.54, 1.807) is 13.0 Å². The minimum atomic E-state index is -0.882. The summed E-state index contributed by atoms with van der Waals surface area (Å²) in [5.74, 6) is -0.882. The van der Waals surface area contributed by atoms with E-state index in [4.69, 9.17) is 5.11 Å². The average Bonchev–Trinajstić information content (AvgIpc) is 2.09. The highest BCUT2D eigenvalue weighted by Gasteiger charge is 2.01.